The van der Waals surface area contributed by atoms with Gasteiger partial charge in [0.1, 0.15) is 5.58 Å². The van der Waals surface area contributed by atoms with E-state index in [0.717, 1.165) is 0 Å². The maximum absolute atomic E-state index is 12.8. The van der Waals surface area contributed by atoms with E-state index in [1.54, 1.807) is 24.3 Å². The third kappa shape index (κ3) is 3.92. The minimum absolute atomic E-state index is 0.0305. The first-order valence-corrected chi connectivity index (χ1v) is 11.4. The quantitative estimate of drug-likeness (QED) is 0.410. The third-order valence-electron chi connectivity index (χ3n) is 3.89. The number of fused-ring (bicyclic) bond motifs is 1. The summed E-state index contributed by atoms with van der Waals surface area (Å²) in [6.07, 6.45) is 1.35. The summed E-state index contributed by atoms with van der Waals surface area (Å²) in [5.41, 5.74) is 0.299. The number of benzene rings is 2. The molecule has 29 heavy (non-hydrogen) atoms. The van der Waals surface area contributed by atoms with Gasteiger partial charge in [-0.25, -0.2) is 0 Å². The van der Waals surface area contributed by atoms with E-state index >= 15 is 0 Å². The first-order chi connectivity index (χ1) is 13.7. The monoisotopic (exact) mass is 452 g/mol. The Morgan fingerprint density at radius 3 is 2.38 bits per heavy atom. The topological polar surface area (TPSA) is 134 Å². The van der Waals surface area contributed by atoms with Crippen molar-refractivity contribution in [2.75, 3.05) is 9.44 Å². The maximum atomic E-state index is 12.8. The minimum atomic E-state index is -4.16. The van der Waals surface area contributed by atoms with E-state index in [-0.39, 0.29) is 26.5 Å². The molecule has 2 heterocycles. The van der Waals surface area contributed by atoms with Crippen LogP contribution in [0.2, 0.25) is 5.02 Å². The van der Waals surface area contributed by atoms with E-state index < -0.39 is 20.0 Å². The highest BCUT2D eigenvalue weighted by molar-refractivity contribution is 7.93. The molecule has 0 radical (unpaired) electrons. The number of hydrogen-bond donors (Lipinski definition) is 3. The number of hydrogen-bond acceptors (Lipinski definition) is 6. The SMILES string of the molecule is O=S(=O)(Nc1ccc(Cl)cc1NS(=O)(=O)c1cc2ccccc2o1)c1cc[nH]n1. The molecule has 12 heteroatoms. The summed E-state index contributed by atoms with van der Waals surface area (Å²) in [5, 5.41) is 6.27. The molecule has 0 atom stereocenters. The van der Waals surface area contributed by atoms with Gasteiger partial charge in [-0.15, -0.1) is 0 Å². The number of nitrogens with one attached hydrogen (secondary N) is 3. The zero-order valence-corrected chi connectivity index (χ0v) is 16.8. The van der Waals surface area contributed by atoms with Gasteiger partial charge in [0.05, 0.1) is 11.4 Å². The fourth-order valence-electron chi connectivity index (χ4n) is 2.57. The van der Waals surface area contributed by atoms with Crippen molar-refractivity contribution in [2.24, 2.45) is 0 Å². The first-order valence-electron chi connectivity index (χ1n) is 8.08. The summed E-state index contributed by atoms with van der Waals surface area (Å²) >= 11 is 5.97. The molecule has 4 rings (SSSR count). The molecule has 0 aliphatic rings. The molecule has 0 bridgehead atoms. The lowest BCUT2D eigenvalue weighted by Crippen LogP contribution is -2.17. The minimum Gasteiger partial charge on any atom is -0.443 e. The largest absolute Gasteiger partial charge is 0.443 e. The summed E-state index contributed by atoms with van der Waals surface area (Å²) in [7, 11) is -8.20. The standard InChI is InChI=1S/C17H13ClN4O5S2/c18-12-5-6-13(21-28(23,24)16-7-8-19-20-16)14(10-12)22-29(25,26)17-9-11-3-1-2-4-15(11)27-17/h1-10,21-22H,(H,19,20). The van der Waals surface area contributed by atoms with Crippen molar-refractivity contribution in [1.82, 2.24) is 10.2 Å². The maximum Gasteiger partial charge on any atom is 0.295 e. The molecule has 9 nitrogen and oxygen atoms in total. The number of para-hydroxylation sites is 1. The highest BCUT2D eigenvalue weighted by Gasteiger charge is 2.23. The average molecular weight is 453 g/mol. The Labute approximate surface area is 170 Å². The molecule has 0 saturated carbocycles. The summed E-state index contributed by atoms with van der Waals surface area (Å²) < 4.78 is 60.4. The summed E-state index contributed by atoms with van der Waals surface area (Å²) in [6, 6.07) is 13.5. The van der Waals surface area contributed by atoms with E-state index in [2.05, 4.69) is 19.6 Å². The van der Waals surface area contributed by atoms with Gasteiger partial charge >= 0.3 is 0 Å². The van der Waals surface area contributed by atoms with Gasteiger partial charge in [-0.2, -0.15) is 21.9 Å². The fourth-order valence-corrected chi connectivity index (χ4v) is 4.77. The lowest BCUT2D eigenvalue weighted by Gasteiger charge is -2.13. The van der Waals surface area contributed by atoms with Crippen molar-refractivity contribution in [1.29, 1.82) is 0 Å². The number of H-pyrrole nitrogens is 1. The van der Waals surface area contributed by atoms with E-state index in [0.29, 0.717) is 11.0 Å². The molecule has 0 saturated heterocycles. The van der Waals surface area contributed by atoms with Crippen molar-refractivity contribution in [3.8, 4) is 0 Å². The van der Waals surface area contributed by atoms with Gasteiger partial charge < -0.3 is 4.42 Å². The van der Waals surface area contributed by atoms with Crippen LogP contribution in [-0.4, -0.2) is 27.0 Å². The summed E-state index contributed by atoms with van der Waals surface area (Å²) in [5.74, 6) is 0. The van der Waals surface area contributed by atoms with E-state index in [1.165, 1.54) is 36.5 Å². The highest BCUT2D eigenvalue weighted by atomic mass is 35.5. The van der Waals surface area contributed by atoms with E-state index in [9.17, 15) is 16.8 Å². The van der Waals surface area contributed by atoms with Crippen LogP contribution in [-0.2, 0) is 20.0 Å². The molecule has 0 amide bonds. The second-order valence-electron chi connectivity index (χ2n) is 5.92. The number of anilines is 2. The Bertz CT molecular complexity index is 1360. The number of aromatic amines is 1. The van der Waals surface area contributed by atoms with Crippen LogP contribution in [0.5, 0.6) is 0 Å². The molecular formula is C17H13ClN4O5S2. The van der Waals surface area contributed by atoms with Crippen molar-refractivity contribution >= 4 is 54.0 Å². The van der Waals surface area contributed by atoms with Gasteiger partial charge in [0.25, 0.3) is 20.0 Å². The number of nitrogens with zero attached hydrogens (tertiary/aromatic N) is 1. The van der Waals surface area contributed by atoms with Crippen molar-refractivity contribution in [3.05, 3.63) is 65.8 Å². The van der Waals surface area contributed by atoms with Crippen LogP contribution in [0.3, 0.4) is 0 Å². The molecule has 0 fully saturated rings. The summed E-state index contributed by atoms with van der Waals surface area (Å²) in [6.45, 7) is 0. The van der Waals surface area contributed by atoms with Gasteiger partial charge in [-0.05, 0) is 30.3 Å². The Morgan fingerprint density at radius 1 is 0.897 bits per heavy atom. The second-order valence-corrected chi connectivity index (χ2v) is 9.60. The molecule has 150 valence electrons. The molecule has 3 N–H and O–H groups in total. The number of rotatable bonds is 6. The van der Waals surface area contributed by atoms with Gasteiger partial charge in [0, 0.05) is 22.7 Å². The Balaban J connectivity index is 1.70. The first kappa shape index (κ1) is 19.3. The van der Waals surface area contributed by atoms with Gasteiger partial charge in [0.15, 0.2) is 5.03 Å². The predicted octanol–water partition coefficient (Wildman–Crippen LogP) is 3.41. The van der Waals surface area contributed by atoms with Crippen molar-refractivity contribution in [2.45, 2.75) is 10.1 Å². The number of sulfonamides is 2. The molecule has 0 aliphatic heterocycles. The van der Waals surface area contributed by atoms with Crippen LogP contribution in [0.1, 0.15) is 0 Å². The lowest BCUT2D eigenvalue weighted by molar-refractivity contribution is 0.484. The highest BCUT2D eigenvalue weighted by Crippen LogP contribution is 2.31. The van der Waals surface area contributed by atoms with Gasteiger partial charge in [-0.3, -0.25) is 14.5 Å². The molecule has 2 aromatic carbocycles. The average Bonchev–Trinajstić information content (AvgIpc) is 3.33. The van der Waals surface area contributed by atoms with Crippen molar-refractivity contribution in [3.63, 3.8) is 0 Å². The van der Waals surface area contributed by atoms with E-state index in [4.69, 9.17) is 16.0 Å². The lowest BCUT2D eigenvalue weighted by atomic mass is 10.3. The normalized spacial score (nSPS) is 12.2. The Hall–Kier alpha value is -3.02. The van der Waals surface area contributed by atoms with Gasteiger partial charge in [-0.1, -0.05) is 29.8 Å². The number of aromatic nitrogens is 2. The Morgan fingerprint density at radius 2 is 1.66 bits per heavy atom. The second kappa shape index (κ2) is 7.10. The molecule has 0 unspecified atom stereocenters. The van der Waals surface area contributed by atoms with Crippen LogP contribution in [0.4, 0.5) is 11.4 Å². The fraction of sp³-hybridized carbons (Fsp3) is 0. The van der Waals surface area contributed by atoms with E-state index in [1.807, 2.05) is 0 Å². The zero-order valence-electron chi connectivity index (χ0n) is 14.5. The molecule has 2 aromatic heterocycles. The zero-order chi connectivity index (χ0) is 20.6. The number of furan rings is 1. The number of halogens is 1. The van der Waals surface area contributed by atoms with Crippen molar-refractivity contribution < 1.29 is 21.3 Å². The smallest absolute Gasteiger partial charge is 0.295 e. The van der Waals surface area contributed by atoms with Gasteiger partial charge in [0.2, 0.25) is 5.09 Å². The third-order valence-corrected chi connectivity index (χ3v) is 6.61. The van der Waals surface area contributed by atoms with Crippen LogP contribution >= 0.6 is 11.6 Å². The molecule has 0 spiro atoms. The van der Waals surface area contributed by atoms with Crippen LogP contribution < -0.4 is 9.44 Å². The van der Waals surface area contributed by atoms with Crippen LogP contribution in [0.25, 0.3) is 11.0 Å². The van der Waals surface area contributed by atoms with Crippen LogP contribution in [0, 0.1) is 0 Å². The predicted molar refractivity (Wildman–Crippen MR) is 108 cm³/mol. The molecular weight excluding hydrogens is 440 g/mol. The van der Waals surface area contributed by atoms with Crippen LogP contribution in [0.15, 0.2) is 75.3 Å². The molecule has 0 aliphatic carbocycles. The molecule has 4 aromatic rings. The Kier molecular flexibility index (Phi) is 4.73. The summed E-state index contributed by atoms with van der Waals surface area (Å²) in [4.78, 5) is 0.